The van der Waals surface area contributed by atoms with Gasteiger partial charge in [-0.05, 0) is 46.1 Å². The molecule has 27 heavy (non-hydrogen) atoms. The summed E-state index contributed by atoms with van der Waals surface area (Å²) in [5.41, 5.74) is 10.5. The Morgan fingerprint density at radius 3 is 2.81 bits per heavy atom. The van der Waals surface area contributed by atoms with E-state index in [9.17, 15) is 5.26 Å². The van der Waals surface area contributed by atoms with Gasteiger partial charge in [0.2, 0.25) is 5.88 Å². The van der Waals surface area contributed by atoms with Crippen LogP contribution in [-0.2, 0) is 6.42 Å². The van der Waals surface area contributed by atoms with Gasteiger partial charge >= 0.3 is 0 Å². The molecule has 0 saturated heterocycles. The van der Waals surface area contributed by atoms with Gasteiger partial charge in [0, 0.05) is 23.4 Å². The van der Waals surface area contributed by atoms with Crippen LogP contribution in [-0.4, -0.2) is 20.8 Å². The van der Waals surface area contributed by atoms with Gasteiger partial charge in [-0.25, -0.2) is 0 Å². The first kappa shape index (κ1) is 17.6. The summed E-state index contributed by atoms with van der Waals surface area (Å²) in [5, 5.41) is 13.1. The summed E-state index contributed by atoms with van der Waals surface area (Å²) in [7, 11) is 3.17. The number of fused-ring (bicyclic) bond motifs is 3. The predicted molar refractivity (Wildman–Crippen MR) is 105 cm³/mol. The molecule has 2 heterocycles. The third-order valence-corrected chi connectivity index (χ3v) is 5.56. The van der Waals surface area contributed by atoms with Crippen molar-refractivity contribution < 1.29 is 14.2 Å². The molecule has 2 aliphatic rings. The molecule has 2 aromatic rings. The van der Waals surface area contributed by atoms with Gasteiger partial charge in [-0.2, -0.15) is 5.26 Å². The molecular weight excluding hydrogens is 410 g/mol. The lowest BCUT2D eigenvalue weighted by atomic mass is 9.82. The molecule has 3 N–H and O–H groups in total. The first-order valence-corrected chi connectivity index (χ1v) is 9.27. The zero-order valence-electron chi connectivity index (χ0n) is 14.9. The minimum Gasteiger partial charge on any atom is -0.493 e. The van der Waals surface area contributed by atoms with Crippen LogP contribution in [0.1, 0.15) is 22.6 Å². The normalized spacial score (nSPS) is 17.3. The van der Waals surface area contributed by atoms with E-state index in [0.717, 1.165) is 45.6 Å². The first-order chi connectivity index (χ1) is 13.1. The Bertz CT molecular complexity index is 1010. The summed E-state index contributed by atoms with van der Waals surface area (Å²) in [6.45, 7) is 0.858. The Hall–Kier alpha value is -2.85. The van der Waals surface area contributed by atoms with Crippen molar-refractivity contribution in [3.63, 3.8) is 0 Å². The average molecular weight is 428 g/mol. The van der Waals surface area contributed by atoms with Gasteiger partial charge in [-0.1, -0.05) is 6.07 Å². The number of halogens is 1. The first-order valence-electron chi connectivity index (χ1n) is 8.47. The Morgan fingerprint density at radius 1 is 1.30 bits per heavy atom. The van der Waals surface area contributed by atoms with E-state index in [0.29, 0.717) is 17.1 Å². The fraction of sp³-hybridized carbons (Fsp3) is 0.250. The Morgan fingerprint density at radius 2 is 2.11 bits per heavy atom. The number of allylic oxidation sites excluding steroid dienone is 1. The van der Waals surface area contributed by atoms with Gasteiger partial charge < -0.3 is 25.3 Å². The molecule has 6 nitrogen and oxygen atoms in total. The molecule has 0 spiro atoms. The number of methoxy groups -OCH3 is 2. The zero-order chi connectivity index (χ0) is 19.1. The van der Waals surface area contributed by atoms with Crippen molar-refractivity contribution in [1.29, 1.82) is 5.26 Å². The quantitative estimate of drug-likeness (QED) is 0.776. The van der Waals surface area contributed by atoms with Crippen LogP contribution in [0.2, 0.25) is 0 Å². The van der Waals surface area contributed by atoms with Gasteiger partial charge in [-0.15, -0.1) is 0 Å². The SMILES string of the molecule is COc1cc(C2C(C#N)=C(N)Oc3c2ccc2c3CCN2)cc(Br)c1OC. The summed E-state index contributed by atoms with van der Waals surface area (Å²) in [5.74, 6) is 1.71. The van der Waals surface area contributed by atoms with Gasteiger partial charge in [0.15, 0.2) is 11.5 Å². The van der Waals surface area contributed by atoms with Gasteiger partial charge in [0.25, 0.3) is 0 Å². The number of benzene rings is 2. The van der Waals surface area contributed by atoms with E-state index in [4.69, 9.17) is 19.9 Å². The fourth-order valence-electron chi connectivity index (χ4n) is 3.76. The van der Waals surface area contributed by atoms with E-state index in [-0.39, 0.29) is 11.8 Å². The van der Waals surface area contributed by atoms with Crippen LogP contribution >= 0.6 is 15.9 Å². The monoisotopic (exact) mass is 427 g/mol. The molecule has 0 aromatic heterocycles. The van der Waals surface area contributed by atoms with Crippen LogP contribution in [0.3, 0.4) is 0 Å². The molecule has 0 aliphatic carbocycles. The van der Waals surface area contributed by atoms with Crippen LogP contribution in [0.5, 0.6) is 17.2 Å². The van der Waals surface area contributed by atoms with Crippen molar-refractivity contribution in [2.75, 3.05) is 26.1 Å². The summed E-state index contributed by atoms with van der Waals surface area (Å²) in [6.07, 6.45) is 0.857. The molecule has 7 heteroatoms. The lowest BCUT2D eigenvalue weighted by Gasteiger charge is -2.28. The van der Waals surface area contributed by atoms with Crippen LogP contribution in [0.25, 0.3) is 0 Å². The number of nitrogens with two attached hydrogens (primary N) is 1. The topological polar surface area (TPSA) is 89.5 Å². The number of nitrogens with zero attached hydrogens (tertiary/aromatic N) is 1. The molecule has 1 atom stereocenters. The van der Waals surface area contributed by atoms with Gasteiger partial charge in [0.05, 0.1) is 24.6 Å². The third kappa shape index (κ3) is 2.68. The number of hydrogen-bond donors (Lipinski definition) is 2. The predicted octanol–water partition coefficient (Wildman–Crippen LogP) is 3.65. The van der Waals surface area contributed by atoms with E-state index >= 15 is 0 Å². The fourth-order valence-corrected chi connectivity index (χ4v) is 4.38. The number of hydrogen-bond acceptors (Lipinski definition) is 6. The molecule has 0 bridgehead atoms. The van der Waals surface area contributed by atoms with Gasteiger partial charge in [0.1, 0.15) is 17.4 Å². The number of anilines is 1. The van der Waals surface area contributed by atoms with Crippen molar-refractivity contribution in [1.82, 2.24) is 0 Å². The van der Waals surface area contributed by atoms with E-state index in [1.165, 1.54) is 0 Å². The molecule has 2 aliphatic heterocycles. The maximum Gasteiger partial charge on any atom is 0.205 e. The summed E-state index contributed by atoms with van der Waals surface area (Å²) in [6, 6.07) is 10.0. The van der Waals surface area contributed by atoms with E-state index in [1.807, 2.05) is 24.3 Å². The number of rotatable bonds is 3. The second-order valence-corrected chi connectivity index (χ2v) is 7.20. The molecule has 0 fully saturated rings. The van der Waals surface area contributed by atoms with Crippen molar-refractivity contribution >= 4 is 21.6 Å². The maximum absolute atomic E-state index is 9.76. The van der Waals surface area contributed by atoms with E-state index < -0.39 is 0 Å². The Kier molecular flexibility index (Phi) is 4.36. The highest BCUT2D eigenvalue weighted by atomic mass is 79.9. The third-order valence-electron chi connectivity index (χ3n) is 4.97. The molecule has 1 unspecified atom stereocenters. The minimum atomic E-state index is -0.347. The van der Waals surface area contributed by atoms with Crippen molar-refractivity contribution in [3.05, 3.63) is 56.9 Å². The van der Waals surface area contributed by atoms with Gasteiger partial charge in [-0.3, -0.25) is 0 Å². The molecule has 0 amide bonds. The molecule has 0 saturated carbocycles. The molecule has 0 radical (unpaired) electrons. The zero-order valence-corrected chi connectivity index (χ0v) is 16.5. The molecule has 2 aromatic carbocycles. The number of nitriles is 1. The molecule has 138 valence electrons. The minimum absolute atomic E-state index is 0.140. The summed E-state index contributed by atoms with van der Waals surface area (Å²) < 4.78 is 17.5. The largest absolute Gasteiger partial charge is 0.493 e. The highest BCUT2D eigenvalue weighted by Crippen LogP contribution is 2.49. The van der Waals surface area contributed by atoms with Crippen molar-refractivity contribution in [3.8, 4) is 23.3 Å². The standard InChI is InChI=1S/C20H18BrN3O3/c1-25-16-8-10(7-14(21)19(16)26-2)17-12-3-4-15-11(5-6-24-15)18(12)27-20(23)13(17)9-22/h3-4,7-8,17,24H,5-6,23H2,1-2H3. The van der Waals surface area contributed by atoms with Crippen LogP contribution in [0.15, 0.2) is 40.2 Å². The number of ether oxygens (including phenoxy) is 3. The molecule has 4 rings (SSSR count). The molecular formula is C20H18BrN3O3. The summed E-state index contributed by atoms with van der Waals surface area (Å²) >= 11 is 3.54. The van der Waals surface area contributed by atoms with Crippen LogP contribution in [0, 0.1) is 11.3 Å². The Labute approximate surface area is 165 Å². The highest BCUT2D eigenvalue weighted by molar-refractivity contribution is 9.10. The lowest BCUT2D eigenvalue weighted by molar-refractivity contribution is 0.352. The van der Waals surface area contributed by atoms with Crippen molar-refractivity contribution in [2.45, 2.75) is 12.3 Å². The average Bonchev–Trinajstić information content (AvgIpc) is 3.15. The second kappa shape index (κ2) is 6.71. The summed E-state index contributed by atoms with van der Waals surface area (Å²) in [4.78, 5) is 0. The van der Waals surface area contributed by atoms with Crippen molar-refractivity contribution in [2.24, 2.45) is 5.73 Å². The Balaban J connectivity index is 1.95. The second-order valence-electron chi connectivity index (χ2n) is 6.35. The highest BCUT2D eigenvalue weighted by Gasteiger charge is 2.34. The number of nitrogens with one attached hydrogen (secondary N) is 1. The van der Waals surface area contributed by atoms with Crippen LogP contribution in [0.4, 0.5) is 5.69 Å². The lowest BCUT2D eigenvalue weighted by Crippen LogP contribution is -2.22. The van der Waals surface area contributed by atoms with E-state index in [1.54, 1.807) is 14.2 Å². The maximum atomic E-state index is 9.76. The smallest absolute Gasteiger partial charge is 0.205 e. The van der Waals surface area contributed by atoms with Crippen LogP contribution < -0.4 is 25.3 Å². The van der Waals surface area contributed by atoms with E-state index in [2.05, 4.69) is 27.3 Å².